The second-order valence-electron chi connectivity index (χ2n) is 3.47. The van der Waals surface area contributed by atoms with Crippen LogP contribution in [-0.2, 0) is 23.9 Å². The van der Waals surface area contributed by atoms with Crippen LogP contribution in [-0.4, -0.2) is 53.9 Å². The number of aliphatic hydroxyl groups excluding tert-OH is 1. The Bertz CT molecular complexity index is 301. The molecule has 0 rings (SSSR count). The Balaban J connectivity index is -0.000000295. The molecular formula is C12H22Cl2O6. The van der Waals surface area contributed by atoms with Gasteiger partial charge in [-0.05, 0) is 13.8 Å². The maximum absolute atomic E-state index is 10.6. The number of carbonyl (C=O) groups is 3. The molecule has 1 atom stereocenters. The summed E-state index contributed by atoms with van der Waals surface area (Å²) in [6.07, 6.45) is -1.00. The van der Waals surface area contributed by atoms with Crippen LogP contribution >= 0.6 is 23.2 Å². The van der Waals surface area contributed by atoms with Crippen LogP contribution in [0.4, 0.5) is 0 Å². The molecule has 0 bridgehead atoms. The van der Waals surface area contributed by atoms with Crippen LogP contribution < -0.4 is 0 Å². The molecule has 0 aromatic rings. The smallest absolute Gasteiger partial charge is 0.313 e. The number of alkyl halides is 2. The first-order valence-electron chi connectivity index (χ1n) is 6.04. The Hall–Kier alpha value is -0.850. The Labute approximate surface area is 129 Å². The zero-order valence-electron chi connectivity index (χ0n) is 11.6. The lowest BCUT2D eigenvalue weighted by Gasteiger charge is -2.04. The lowest BCUT2D eigenvalue weighted by molar-refractivity contribution is -0.146. The van der Waals surface area contributed by atoms with E-state index in [1.807, 2.05) is 0 Å². The number of ketones is 1. The van der Waals surface area contributed by atoms with Crippen molar-refractivity contribution in [3.8, 4) is 0 Å². The maximum Gasteiger partial charge on any atom is 0.313 e. The molecule has 0 saturated carbocycles. The third-order valence-electron chi connectivity index (χ3n) is 1.68. The first kappa shape index (κ1) is 21.4. The van der Waals surface area contributed by atoms with Gasteiger partial charge in [-0.25, -0.2) is 0 Å². The molecule has 0 heterocycles. The van der Waals surface area contributed by atoms with E-state index in [-0.39, 0.29) is 31.8 Å². The third-order valence-corrected chi connectivity index (χ3v) is 2.34. The van der Waals surface area contributed by atoms with Gasteiger partial charge in [-0.1, -0.05) is 0 Å². The van der Waals surface area contributed by atoms with Crippen LogP contribution in [0.25, 0.3) is 0 Å². The van der Waals surface area contributed by atoms with E-state index in [1.165, 1.54) is 0 Å². The summed E-state index contributed by atoms with van der Waals surface area (Å²) in [5, 5.41) is 8.82. The van der Waals surface area contributed by atoms with Gasteiger partial charge in [-0.15, -0.1) is 23.2 Å². The summed E-state index contributed by atoms with van der Waals surface area (Å²) in [6, 6.07) is 0. The molecule has 0 aliphatic carbocycles. The molecule has 20 heavy (non-hydrogen) atoms. The van der Waals surface area contributed by atoms with Crippen LogP contribution in [0.2, 0.25) is 0 Å². The average molecular weight is 333 g/mol. The Morgan fingerprint density at radius 3 is 2.00 bits per heavy atom. The van der Waals surface area contributed by atoms with E-state index in [2.05, 4.69) is 9.47 Å². The van der Waals surface area contributed by atoms with E-state index in [0.29, 0.717) is 13.2 Å². The highest BCUT2D eigenvalue weighted by molar-refractivity contribution is 6.28. The standard InChI is InChI=1S/C6H11ClO3.C6H9ClO3.H2/c2*1-2-10-6(9)3-5(8)4-7;/h5,8H,2-4H2,1H3;2-4H2,1H3;1H/t5-;;/m0../s1. The summed E-state index contributed by atoms with van der Waals surface area (Å²) >= 11 is 10.4. The minimum absolute atomic E-state index is 0. The van der Waals surface area contributed by atoms with E-state index < -0.39 is 18.0 Å². The number of rotatable bonds is 8. The normalized spacial score (nSPS) is 10.8. The van der Waals surface area contributed by atoms with Gasteiger partial charge in [0.25, 0.3) is 0 Å². The van der Waals surface area contributed by atoms with Gasteiger partial charge in [0.15, 0.2) is 5.78 Å². The predicted molar refractivity (Wildman–Crippen MR) is 77.1 cm³/mol. The highest BCUT2D eigenvalue weighted by Crippen LogP contribution is 1.96. The van der Waals surface area contributed by atoms with Crippen molar-refractivity contribution in [3.63, 3.8) is 0 Å². The van der Waals surface area contributed by atoms with Gasteiger partial charge in [-0.2, -0.15) is 0 Å². The number of esters is 2. The number of halogens is 2. The fraction of sp³-hybridized carbons (Fsp3) is 0.750. The number of aliphatic hydroxyl groups is 1. The minimum atomic E-state index is -0.777. The second-order valence-corrected chi connectivity index (χ2v) is 4.05. The van der Waals surface area contributed by atoms with Crippen molar-refractivity contribution >= 4 is 40.9 Å². The average Bonchev–Trinajstić information content (AvgIpc) is 2.39. The van der Waals surface area contributed by atoms with Crippen molar-refractivity contribution in [1.29, 1.82) is 0 Å². The molecule has 0 aromatic carbocycles. The SMILES string of the molecule is CCOC(=O)CC(=O)CCl.CCOC(=O)C[C@H](O)CCl.[HH]. The van der Waals surface area contributed by atoms with E-state index in [9.17, 15) is 14.4 Å². The van der Waals surface area contributed by atoms with Crippen molar-refractivity contribution < 1.29 is 30.4 Å². The Kier molecular flexibility index (Phi) is 15.6. The fourth-order valence-corrected chi connectivity index (χ4v) is 1.09. The van der Waals surface area contributed by atoms with E-state index >= 15 is 0 Å². The predicted octanol–water partition coefficient (Wildman–Crippen LogP) is 1.53. The highest BCUT2D eigenvalue weighted by Gasteiger charge is 2.09. The van der Waals surface area contributed by atoms with Crippen molar-refractivity contribution in [3.05, 3.63) is 0 Å². The van der Waals surface area contributed by atoms with Gasteiger partial charge in [0.1, 0.15) is 6.42 Å². The van der Waals surface area contributed by atoms with Crippen molar-refractivity contribution in [2.24, 2.45) is 0 Å². The summed E-state index contributed by atoms with van der Waals surface area (Å²) in [4.78, 5) is 31.5. The lowest BCUT2D eigenvalue weighted by Crippen LogP contribution is -2.16. The molecule has 120 valence electrons. The van der Waals surface area contributed by atoms with Crippen LogP contribution in [0, 0.1) is 0 Å². The molecule has 6 nitrogen and oxygen atoms in total. The summed E-state index contributed by atoms with van der Waals surface area (Å²) in [5.41, 5.74) is 0. The van der Waals surface area contributed by atoms with Gasteiger partial charge in [0.05, 0.1) is 31.6 Å². The molecule has 0 saturated heterocycles. The van der Waals surface area contributed by atoms with Crippen LogP contribution in [0.3, 0.4) is 0 Å². The molecule has 1 N–H and O–H groups in total. The molecule has 0 unspecified atom stereocenters. The zero-order valence-corrected chi connectivity index (χ0v) is 13.1. The summed E-state index contributed by atoms with van der Waals surface area (Å²) in [5.74, 6) is -1.28. The summed E-state index contributed by atoms with van der Waals surface area (Å²) in [6.45, 7) is 4.04. The van der Waals surface area contributed by atoms with Crippen molar-refractivity contribution in [2.75, 3.05) is 25.0 Å². The Morgan fingerprint density at radius 2 is 1.60 bits per heavy atom. The van der Waals surface area contributed by atoms with Crippen LogP contribution in [0.15, 0.2) is 0 Å². The molecule has 0 aliphatic heterocycles. The first-order valence-corrected chi connectivity index (χ1v) is 7.10. The first-order chi connectivity index (χ1) is 9.40. The molecule has 0 aromatic heterocycles. The number of ether oxygens (including phenoxy) is 2. The van der Waals surface area contributed by atoms with Crippen LogP contribution in [0.1, 0.15) is 28.1 Å². The highest BCUT2D eigenvalue weighted by atomic mass is 35.5. The third kappa shape index (κ3) is 15.2. The monoisotopic (exact) mass is 332 g/mol. The fourth-order valence-electron chi connectivity index (χ4n) is 0.887. The maximum atomic E-state index is 10.6. The van der Waals surface area contributed by atoms with Gasteiger partial charge >= 0.3 is 11.9 Å². The topological polar surface area (TPSA) is 89.9 Å². The van der Waals surface area contributed by atoms with Gasteiger partial charge < -0.3 is 14.6 Å². The molecule has 0 aliphatic rings. The van der Waals surface area contributed by atoms with E-state index in [1.54, 1.807) is 13.8 Å². The minimum Gasteiger partial charge on any atom is -0.466 e. The van der Waals surface area contributed by atoms with E-state index in [4.69, 9.17) is 28.3 Å². The number of hydrogen-bond donors (Lipinski definition) is 1. The van der Waals surface area contributed by atoms with E-state index in [0.717, 1.165) is 0 Å². The van der Waals surface area contributed by atoms with Crippen LogP contribution in [0.5, 0.6) is 0 Å². The van der Waals surface area contributed by atoms with Gasteiger partial charge in [0, 0.05) is 7.31 Å². The summed E-state index contributed by atoms with van der Waals surface area (Å²) < 4.78 is 9.05. The number of hydrogen-bond acceptors (Lipinski definition) is 6. The summed E-state index contributed by atoms with van der Waals surface area (Å²) in [7, 11) is 0. The number of carbonyl (C=O) groups excluding carboxylic acids is 3. The Morgan fingerprint density at radius 1 is 1.10 bits per heavy atom. The van der Waals surface area contributed by atoms with Crippen molar-refractivity contribution in [1.82, 2.24) is 0 Å². The largest absolute Gasteiger partial charge is 0.466 e. The van der Waals surface area contributed by atoms with Gasteiger partial charge in [-0.3, -0.25) is 14.4 Å². The lowest BCUT2D eigenvalue weighted by atomic mass is 10.3. The van der Waals surface area contributed by atoms with Gasteiger partial charge in [0.2, 0.25) is 0 Å². The number of Topliss-reactive ketones (excluding diaryl/α,β-unsaturated/α-hetero) is 1. The van der Waals surface area contributed by atoms with Crippen molar-refractivity contribution in [2.45, 2.75) is 32.8 Å². The molecule has 0 radical (unpaired) electrons. The molecule has 0 amide bonds. The molecular weight excluding hydrogens is 311 g/mol. The quantitative estimate of drug-likeness (QED) is 0.412. The molecule has 8 heteroatoms. The second kappa shape index (κ2) is 14.6. The zero-order chi connectivity index (χ0) is 16.0. The molecule has 0 fully saturated rings. The molecule has 0 spiro atoms.